The SMILES string of the molecule is C=CC(=O)Nc1cccc(-c2cnc3c(c2)c(-c2ccnc(C#N)c2)cn3COC(=O)C(N)CC(C)C)c1. The van der Waals surface area contributed by atoms with Crippen LogP contribution < -0.4 is 11.1 Å². The second kappa shape index (κ2) is 11.5. The second-order valence-electron chi connectivity index (χ2n) is 9.25. The van der Waals surface area contributed by atoms with Crippen LogP contribution in [0, 0.1) is 17.2 Å². The van der Waals surface area contributed by atoms with Crippen LogP contribution in [0.15, 0.2) is 73.7 Å². The van der Waals surface area contributed by atoms with Gasteiger partial charge in [-0.3, -0.25) is 14.2 Å². The van der Waals surface area contributed by atoms with Gasteiger partial charge in [-0.15, -0.1) is 0 Å². The normalized spacial score (nSPS) is 11.7. The number of nitrogens with zero attached hydrogens (tertiary/aromatic N) is 4. The van der Waals surface area contributed by atoms with E-state index in [1.807, 2.05) is 50.4 Å². The molecular formula is C29H28N6O3. The third kappa shape index (κ3) is 5.94. The summed E-state index contributed by atoms with van der Waals surface area (Å²) in [5, 5.41) is 12.9. The monoisotopic (exact) mass is 508 g/mol. The summed E-state index contributed by atoms with van der Waals surface area (Å²) in [4.78, 5) is 33.0. The van der Waals surface area contributed by atoms with Crippen LogP contribution in [0.5, 0.6) is 0 Å². The Morgan fingerprint density at radius 2 is 2.00 bits per heavy atom. The Morgan fingerprint density at radius 1 is 1.18 bits per heavy atom. The van der Waals surface area contributed by atoms with Crippen molar-refractivity contribution < 1.29 is 14.3 Å². The van der Waals surface area contributed by atoms with Crippen molar-refractivity contribution in [2.45, 2.75) is 33.0 Å². The van der Waals surface area contributed by atoms with E-state index in [4.69, 9.17) is 10.5 Å². The largest absolute Gasteiger partial charge is 0.443 e. The molecule has 9 heteroatoms. The van der Waals surface area contributed by atoms with Gasteiger partial charge in [-0.25, -0.2) is 9.97 Å². The van der Waals surface area contributed by atoms with Gasteiger partial charge in [-0.2, -0.15) is 5.26 Å². The molecule has 1 aromatic carbocycles. The maximum atomic E-state index is 12.5. The second-order valence-corrected chi connectivity index (χ2v) is 9.25. The Balaban J connectivity index is 1.75. The zero-order valence-corrected chi connectivity index (χ0v) is 21.2. The van der Waals surface area contributed by atoms with Crippen molar-refractivity contribution in [2.75, 3.05) is 5.32 Å². The Bertz CT molecular complexity index is 1550. The molecule has 0 saturated carbocycles. The number of amides is 1. The number of aromatic nitrogens is 3. The number of nitrogens with one attached hydrogen (secondary N) is 1. The topological polar surface area (TPSA) is 136 Å². The minimum Gasteiger partial charge on any atom is -0.443 e. The summed E-state index contributed by atoms with van der Waals surface area (Å²) in [5.74, 6) is -0.516. The number of fused-ring (bicyclic) bond motifs is 1. The van der Waals surface area contributed by atoms with Gasteiger partial charge in [0.2, 0.25) is 5.91 Å². The smallest absolute Gasteiger partial charge is 0.324 e. The van der Waals surface area contributed by atoms with Crippen molar-refractivity contribution in [3.63, 3.8) is 0 Å². The number of carbonyl (C=O) groups is 2. The number of nitrogens with two attached hydrogens (primary N) is 1. The van der Waals surface area contributed by atoms with Gasteiger partial charge in [0.1, 0.15) is 23.5 Å². The zero-order valence-electron chi connectivity index (χ0n) is 21.2. The summed E-state index contributed by atoms with van der Waals surface area (Å²) >= 11 is 0. The first-order valence-corrected chi connectivity index (χ1v) is 12.1. The van der Waals surface area contributed by atoms with E-state index in [1.54, 1.807) is 29.1 Å². The van der Waals surface area contributed by atoms with Crippen LogP contribution in [0.3, 0.4) is 0 Å². The van der Waals surface area contributed by atoms with Crippen LogP contribution in [0.1, 0.15) is 26.0 Å². The molecule has 4 rings (SSSR count). The molecule has 3 heterocycles. The third-order valence-corrected chi connectivity index (χ3v) is 5.92. The van der Waals surface area contributed by atoms with E-state index in [9.17, 15) is 14.9 Å². The summed E-state index contributed by atoms with van der Waals surface area (Å²) in [6.45, 7) is 7.41. The molecule has 0 aliphatic rings. The number of benzene rings is 1. The molecule has 0 aliphatic heterocycles. The minimum absolute atomic E-state index is 0.0628. The molecule has 1 amide bonds. The summed E-state index contributed by atoms with van der Waals surface area (Å²) in [6.07, 6.45) is 6.86. The maximum Gasteiger partial charge on any atom is 0.324 e. The van der Waals surface area contributed by atoms with Crippen molar-refractivity contribution in [2.24, 2.45) is 11.7 Å². The van der Waals surface area contributed by atoms with Gasteiger partial charge in [0, 0.05) is 40.8 Å². The van der Waals surface area contributed by atoms with E-state index < -0.39 is 12.0 Å². The number of carbonyl (C=O) groups excluding carboxylic acids is 2. The van der Waals surface area contributed by atoms with E-state index in [-0.39, 0.29) is 24.2 Å². The van der Waals surface area contributed by atoms with Crippen LogP contribution in [-0.2, 0) is 21.1 Å². The van der Waals surface area contributed by atoms with Gasteiger partial charge in [-0.1, -0.05) is 32.6 Å². The summed E-state index contributed by atoms with van der Waals surface area (Å²) in [5.41, 5.74) is 10.7. The quantitative estimate of drug-likeness (QED) is 0.248. The number of hydrogen-bond donors (Lipinski definition) is 2. The Kier molecular flexibility index (Phi) is 7.94. The molecule has 0 radical (unpaired) electrons. The fourth-order valence-corrected chi connectivity index (χ4v) is 4.13. The van der Waals surface area contributed by atoms with Gasteiger partial charge >= 0.3 is 5.97 Å². The lowest BCUT2D eigenvalue weighted by atomic mass is 10.0. The van der Waals surface area contributed by atoms with Gasteiger partial charge < -0.3 is 15.8 Å². The van der Waals surface area contributed by atoms with Gasteiger partial charge in [-0.05, 0) is 59.9 Å². The first kappa shape index (κ1) is 26.3. The fourth-order valence-electron chi connectivity index (χ4n) is 4.13. The van der Waals surface area contributed by atoms with Crippen molar-refractivity contribution >= 4 is 28.6 Å². The van der Waals surface area contributed by atoms with Crippen LogP contribution in [0.4, 0.5) is 5.69 Å². The molecule has 4 aromatic rings. The minimum atomic E-state index is -0.705. The lowest BCUT2D eigenvalue weighted by molar-refractivity contribution is -0.149. The fraction of sp³-hybridized carbons (Fsp3) is 0.207. The summed E-state index contributed by atoms with van der Waals surface area (Å²) in [6, 6.07) is 14.2. The number of pyridine rings is 2. The molecule has 0 bridgehead atoms. The molecule has 1 atom stereocenters. The van der Waals surface area contributed by atoms with Crippen LogP contribution in [0.25, 0.3) is 33.3 Å². The summed E-state index contributed by atoms with van der Waals surface area (Å²) < 4.78 is 7.25. The molecule has 9 nitrogen and oxygen atoms in total. The van der Waals surface area contributed by atoms with Gasteiger partial charge in [0.15, 0.2) is 6.73 Å². The Morgan fingerprint density at radius 3 is 2.74 bits per heavy atom. The molecule has 192 valence electrons. The molecule has 0 saturated heterocycles. The highest BCUT2D eigenvalue weighted by Crippen LogP contribution is 2.33. The van der Waals surface area contributed by atoms with Gasteiger partial charge in [0.05, 0.1) is 0 Å². The van der Waals surface area contributed by atoms with E-state index in [2.05, 4.69) is 27.9 Å². The molecule has 3 aromatic heterocycles. The Labute approximate surface area is 220 Å². The average molecular weight is 509 g/mol. The standard InChI is InChI=1S/C29H28N6O3/c1-4-27(36)34-22-7-5-6-19(11-22)21-13-24-25(20-8-9-32-23(12-20)14-30)16-35(28(24)33-15-21)17-38-29(37)26(31)10-18(2)3/h4-9,11-13,15-16,18,26H,1,10,17,31H2,2-3H3,(H,34,36). The van der Waals surface area contributed by atoms with E-state index in [0.29, 0.717) is 17.8 Å². The van der Waals surface area contributed by atoms with Crippen molar-refractivity contribution in [1.82, 2.24) is 14.5 Å². The average Bonchev–Trinajstić information content (AvgIpc) is 3.29. The number of anilines is 1. The van der Waals surface area contributed by atoms with Gasteiger partial charge in [0.25, 0.3) is 0 Å². The lowest BCUT2D eigenvalue weighted by Gasteiger charge is -2.14. The number of hydrogen-bond acceptors (Lipinski definition) is 7. The van der Waals surface area contributed by atoms with Crippen molar-refractivity contribution in [3.05, 3.63) is 79.4 Å². The van der Waals surface area contributed by atoms with Crippen molar-refractivity contribution in [3.8, 4) is 28.3 Å². The van der Waals surface area contributed by atoms with E-state index >= 15 is 0 Å². The molecular weight excluding hydrogens is 480 g/mol. The van der Waals surface area contributed by atoms with Crippen molar-refractivity contribution in [1.29, 1.82) is 5.26 Å². The lowest BCUT2D eigenvalue weighted by Crippen LogP contribution is -2.33. The number of ether oxygens (including phenoxy) is 1. The molecule has 0 fully saturated rings. The third-order valence-electron chi connectivity index (χ3n) is 5.92. The van der Waals surface area contributed by atoms with Crippen LogP contribution in [-0.4, -0.2) is 32.5 Å². The number of rotatable bonds is 9. The predicted octanol–water partition coefficient (Wildman–Crippen LogP) is 4.64. The molecule has 3 N–H and O–H groups in total. The highest BCUT2D eigenvalue weighted by Gasteiger charge is 2.19. The molecule has 1 unspecified atom stereocenters. The molecule has 38 heavy (non-hydrogen) atoms. The maximum absolute atomic E-state index is 12.5. The molecule has 0 aliphatic carbocycles. The zero-order chi connectivity index (χ0) is 27.2. The number of nitriles is 1. The highest BCUT2D eigenvalue weighted by atomic mass is 16.5. The summed E-state index contributed by atoms with van der Waals surface area (Å²) in [7, 11) is 0. The first-order valence-electron chi connectivity index (χ1n) is 12.1. The van der Waals surface area contributed by atoms with E-state index in [1.165, 1.54) is 6.08 Å². The van der Waals surface area contributed by atoms with Crippen LogP contribution in [0.2, 0.25) is 0 Å². The van der Waals surface area contributed by atoms with Crippen LogP contribution >= 0.6 is 0 Å². The Hall–Kier alpha value is -4.81. The molecule has 0 spiro atoms. The van der Waals surface area contributed by atoms with E-state index in [0.717, 1.165) is 27.6 Å². The first-order chi connectivity index (χ1) is 18.3. The predicted molar refractivity (Wildman–Crippen MR) is 145 cm³/mol. The number of esters is 1. The highest BCUT2D eigenvalue weighted by molar-refractivity contribution is 6.00.